The van der Waals surface area contributed by atoms with Crippen molar-refractivity contribution >= 4 is 16.0 Å². The summed E-state index contributed by atoms with van der Waals surface area (Å²) < 4.78 is 53.1. The number of sulfonamides is 1. The van der Waals surface area contributed by atoms with Gasteiger partial charge in [0.15, 0.2) is 0 Å². The molecule has 2 aliphatic rings. The van der Waals surface area contributed by atoms with Crippen LogP contribution in [0.1, 0.15) is 36.4 Å². The largest absolute Gasteiger partial charge is 0.492 e. The Morgan fingerprint density at radius 1 is 0.923 bits per heavy atom. The third-order valence-electron chi connectivity index (χ3n) is 7.16. The van der Waals surface area contributed by atoms with E-state index >= 15 is 0 Å². The molecule has 0 radical (unpaired) electrons. The molecular weight excluding hydrogens is 523 g/mol. The van der Waals surface area contributed by atoms with Crippen LogP contribution in [-0.4, -0.2) is 61.5 Å². The zero-order chi connectivity index (χ0) is 27.4. The summed E-state index contributed by atoms with van der Waals surface area (Å²) in [5.41, 5.74) is 1.15. The lowest BCUT2D eigenvalue weighted by molar-refractivity contribution is -0.142. The molecule has 1 atom stereocenters. The van der Waals surface area contributed by atoms with Crippen LogP contribution < -0.4 is 9.47 Å². The van der Waals surface area contributed by atoms with Crippen molar-refractivity contribution in [1.82, 2.24) is 9.21 Å². The fourth-order valence-corrected chi connectivity index (χ4v) is 6.75. The van der Waals surface area contributed by atoms with Gasteiger partial charge in [0.25, 0.3) is 0 Å². The predicted octanol–water partition coefficient (Wildman–Crippen LogP) is 4.86. The minimum Gasteiger partial charge on any atom is -0.492 e. The Labute approximate surface area is 227 Å². The normalized spacial score (nSPS) is 18.3. The third-order valence-corrected chi connectivity index (χ3v) is 9.04. The Morgan fingerprint density at radius 2 is 1.59 bits per heavy atom. The molecule has 3 aromatic carbocycles. The first-order valence-corrected chi connectivity index (χ1v) is 14.5. The molecular formula is C29H31FN2O6S. The van der Waals surface area contributed by atoms with Gasteiger partial charge in [-0.3, -0.25) is 9.69 Å². The van der Waals surface area contributed by atoms with E-state index in [1.807, 2.05) is 6.07 Å². The van der Waals surface area contributed by atoms with E-state index in [1.165, 1.54) is 67.8 Å². The van der Waals surface area contributed by atoms with Gasteiger partial charge >= 0.3 is 5.97 Å². The van der Waals surface area contributed by atoms with Crippen molar-refractivity contribution in [3.05, 3.63) is 83.7 Å². The van der Waals surface area contributed by atoms with Crippen molar-refractivity contribution in [3.8, 4) is 17.2 Å². The smallest absolute Gasteiger partial charge is 0.326 e. The standard InChI is InChI=1S/C29H31FN2O6S/c30-21-7-9-22(10-8-21)38-23-11-13-24(14-12-23)39(35,36)32-18-15-25-26(28(32)29(33)34)5-4-6-27(25)37-20-19-31-16-2-1-3-17-31/h4-14,28H,1-3,15-20H2,(H,33,34). The van der Waals surface area contributed by atoms with Crippen molar-refractivity contribution in [2.75, 3.05) is 32.8 Å². The number of carbonyl (C=O) groups is 1. The predicted molar refractivity (Wildman–Crippen MR) is 143 cm³/mol. The molecule has 1 N–H and O–H groups in total. The van der Waals surface area contributed by atoms with Crippen molar-refractivity contribution in [2.45, 2.75) is 36.6 Å². The number of aliphatic carboxylic acids is 1. The number of carboxylic acid groups (broad SMARTS) is 1. The lowest BCUT2D eigenvalue weighted by Gasteiger charge is -2.34. The monoisotopic (exact) mass is 554 g/mol. The van der Waals surface area contributed by atoms with E-state index in [9.17, 15) is 22.7 Å². The Hall–Kier alpha value is -3.47. The van der Waals surface area contributed by atoms with Crippen LogP contribution in [0.25, 0.3) is 0 Å². The Kier molecular flexibility index (Phi) is 8.15. The molecule has 2 aliphatic heterocycles. The number of ether oxygens (including phenoxy) is 2. The highest BCUT2D eigenvalue weighted by Gasteiger charge is 2.41. The van der Waals surface area contributed by atoms with Crippen LogP contribution in [0.2, 0.25) is 0 Å². The SMILES string of the molecule is O=C(O)C1c2cccc(OCCN3CCCCC3)c2CCN1S(=O)(=O)c1ccc(Oc2ccc(F)cc2)cc1. The van der Waals surface area contributed by atoms with E-state index in [-0.39, 0.29) is 11.4 Å². The highest BCUT2D eigenvalue weighted by atomic mass is 32.2. The minimum absolute atomic E-state index is 0.00658. The molecule has 1 fully saturated rings. The van der Waals surface area contributed by atoms with Crippen LogP contribution in [0, 0.1) is 5.82 Å². The van der Waals surface area contributed by atoms with Gasteiger partial charge in [-0.15, -0.1) is 0 Å². The van der Waals surface area contributed by atoms with E-state index in [2.05, 4.69) is 4.90 Å². The second-order valence-electron chi connectivity index (χ2n) is 9.71. The summed E-state index contributed by atoms with van der Waals surface area (Å²) in [6.45, 7) is 3.41. The van der Waals surface area contributed by atoms with Crippen molar-refractivity contribution in [2.24, 2.45) is 0 Å². The number of piperidine rings is 1. The number of halogens is 1. The summed E-state index contributed by atoms with van der Waals surface area (Å²) in [5, 5.41) is 10.1. The van der Waals surface area contributed by atoms with E-state index < -0.39 is 27.9 Å². The maximum absolute atomic E-state index is 13.6. The fourth-order valence-electron chi connectivity index (χ4n) is 5.18. The molecule has 0 saturated carbocycles. The quantitative estimate of drug-likeness (QED) is 0.404. The van der Waals surface area contributed by atoms with Gasteiger partial charge in [-0.2, -0.15) is 4.31 Å². The lowest BCUT2D eigenvalue weighted by Crippen LogP contribution is -2.43. The first kappa shape index (κ1) is 27.1. The molecule has 0 aliphatic carbocycles. The molecule has 10 heteroatoms. The first-order chi connectivity index (χ1) is 18.8. The van der Waals surface area contributed by atoms with Gasteiger partial charge in [0.05, 0.1) is 4.90 Å². The van der Waals surface area contributed by atoms with Crippen LogP contribution >= 0.6 is 0 Å². The molecule has 2 heterocycles. The topological polar surface area (TPSA) is 96.4 Å². The van der Waals surface area contributed by atoms with Crippen LogP contribution in [-0.2, 0) is 21.2 Å². The zero-order valence-corrected chi connectivity index (χ0v) is 22.3. The van der Waals surface area contributed by atoms with Gasteiger partial charge < -0.3 is 14.6 Å². The highest BCUT2D eigenvalue weighted by molar-refractivity contribution is 7.89. The number of rotatable bonds is 9. The maximum atomic E-state index is 13.6. The second kappa shape index (κ2) is 11.7. The van der Waals surface area contributed by atoms with Gasteiger partial charge in [-0.05, 0) is 92.5 Å². The van der Waals surface area contributed by atoms with E-state index in [0.29, 0.717) is 35.8 Å². The molecule has 206 valence electrons. The summed E-state index contributed by atoms with van der Waals surface area (Å²) in [5.74, 6) is -0.266. The number of nitrogens with zero attached hydrogens (tertiary/aromatic N) is 2. The average Bonchev–Trinajstić information content (AvgIpc) is 2.94. The summed E-state index contributed by atoms with van der Waals surface area (Å²) in [4.78, 5) is 14.7. The number of fused-ring (bicyclic) bond motifs is 1. The Morgan fingerprint density at radius 3 is 2.26 bits per heavy atom. The number of carboxylic acids is 1. The number of hydrogen-bond acceptors (Lipinski definition) is 6. The Balaban J connectivity index is 1.33. The van der Waals surface area contributed by atoms with Crippen LogP contribution in [0.15, 0.2) is 71.6 Å². The lowest BCUT2D eigenvalue weighted by atomic mass is 9.93. The molecule has 1 unspecified atom stereocenters. The molecule has 39 heavy (non-hydrogen) atoms. The van der Waals surface area contributed by atoms with Gasteiger partial charge in [-0.1, -0.05) is 18.6 Å². The molecule has 1 saturated heterocycles. The van der Waals surface area contributed by atoms with Crippen molar-refractivity contribution in [1.29, 1.82) is 0 Å². The summed E-state index contributed by atoms with van der Waals surface area (Å²) in [7, 11) is -4.14. The molecule has 0 bridgehead atoms. The average molecular weight is 555 g/mol. The summed E-state index contributed by atoms with van der Waals surface area (Å²) >= 11 is 0. The third kappa shape index (κ3) is 6.08. The van der Waals surface area contributed by atoms with Gasteiger partial charge in [0.1, 0.15) is 35.7 Å². The molecule has 0 amide bonds. The fraction of sp³-hybridized carbons (Fsp3) is 0.345. The number of hydrogen-bond donors (Lipinski definition) is 1. The Bertz CT molecular complexity index is 1410. The molecule has 5 rings (SSSR count). The van der Waals surface area contributed by atoms with Gasteiger partial charge in [0, 0.05) is 18.7 Å². The van der Waals surface area contributed by atoms with Crippen LogP contribution in [0.4, 0.5) is 4.39 Å². The van der Waals surface area contributed by atoms with E-state index in [4.69, 9.17) is 9.47 Å². The second-order valence-corrected chi connectivity index (χ2v) is 11.6. The minimum atomic E-state index is -4.14. The van der Waals surface area contributed by atoms with E-state index in [1.54, 1.807) is 12.1 Å². The van der Waals surface area contributed by atoms with Gasteiger partial charge in [-0.25, -0.2) is 12.8 Å². The maximum Gasteiger partial charge on any atom is 0.326 e. The van der Waals surface area contributed by atoms with Crippen LogP contribution in [0.3, 0.4) is 0 Å². The first-order valence-electron chi connectivity index (χ1n) is 13.1. The highest BCUT2D eigenvalue weighted by Crippen LogP contribution is 2.38. The summed E-state index contributed by atoms with van der Waals surface area (Å²) in [6.07, 6.45) is 3.97. The van der Waals surface area contributed by atoms with Gasteiger partial charge in [0.2, 0.25) is 10.0 Å². The molecule has 8 nitrogen and oxygen atoms in total. The molecule has 3 aromatic rings. The zero-order valence-electron chi connectivity index (χ0n) is 21.5. The molecule has 0 spiro atoms. The van der Waals surface area contributed by atoms with E-state index in [0.717, 1.165) is 29.5 Å². The van der Waals surface area contributed by atoms with Crippen molar-refractivity contribution < 1.29 is 32.2 Å². The summed E-state index contributed by atoms with van der Waals surface area (Å²) in [6, 6.07) is 15.0. The van der Waals surface area contributed by atoms with Crippen LogP contribution in [0.5, 0.6) is 17.2 Å². The van der Waals surface area contributed by atoms with Crippen molar-refractivity contribution in [3.63, 3.8) is 0 Å². The molecule has 0 aromatic heterocycles. The number of benzene rings is 3. The number of likely N-dealkylation sites (tertiary alicyclic amines) is 1.